The minimum absolute atomic E-state index is 0.111. The number of Topliss-reactive ketones (excluding diaryl/α,β-unsaturated/α-hetero) is 1. The van der Waals surface area contributed by atoms with E-state index in [-0.39, 0.29) is 11.5 Å². The van der Waals surface area contributed by atoms with Crippen molar-refractivity contribution in [1.29, 1.82) is 0 Å². The highest BCUT2D eigenvalue weighted by Crippen LogP contribution is 2.48. The number of halogens is 3. The first-order valence-electron chi connectivity index (χ1n) is 4.50. The molecule has 1 aromatic rings. The predicted octanol–water partition coefficient (Wildman–Crippen LogP) is 2.05. The molecule has 0 spiro atoms. The minimum Gasteiger partial charge on any atom is -0.299 e. The molecular formula is C9H9F3N2O. The maximum atomic E-state index is 12.2. The van der Waals surface area contributed by atoms with Crippen LogP contribution in [0.1, 0.15) is 31.2 Å². The van der Waals surface area contributed by atoms with Crippen LogP contribution in [0.15, 0.2) is 6.07 Å². The Morgan fingerprint density at radius 3 is 2.47 bits per heavy atom. The first-order valence-corrected chi connectivity index (χ1v) is 4.50. The molecule has 3 nitrogen and oxygen atoms in total. The van der Waals surface area contributed by atoms with Crippen molar-refractivity contribution in [2.75, 3.05) is 0 Å². The van der Waals surface area contributed by atoms with Crippen molar-refractivity contribution in [2.45, 2.75) is 31.4 Å². The van der Waals surface area contributed by atoms with Gasteiger partial charge in [-0.1, -0.05) is 0 Å². The molecule has 2 rings (SSSR count). The van der Waals surface area contributed by atoms with Crippen LogP contribution < -0.4 is 0 Å². The Hall–Kier alpha value is -1.33. The van der Waals surface area contributed by atoms with Crippen LogP contribution >= 0.6 is 0 Å². The van der Waals surface area contributed by atoms with Crippen molar-refractivity contribution in [2.24, 2.45) is 0 Å². The number of alkyl halides is 3. The molecule has 1 saturated carbocycles. The van der Waals surface area contributed by atoms with E-state index in [0.717, 1.165) is 6.07 Å². The van der Waals surface area contributed by atoms with Crippen LogP contribution in [0.4, 0.5) is 13.2 Å². The highest BCUT2D eigenvalue weighted by Gasteiger charge is 2.51. The second kappa shape index (κ2) is 2.84. The highest BCUT2D eigenvalue weighted by molar-refractivity contribution is 5.90. The highest BCUT2D eigenvalue weighted by atomic mass is 19.4. The van der Waals surface area contributed by atoms with Crippen molar-refractivity contribution in [3.05, 3.63) is 17.5 Å². The van der Waals surface area contributed by atoms with Gasteiger partial charge in [-0.2, -0.15) is 18.3 Å². The molecule has 0 atom stereocenters. The monoisotopic (exact) mass is 218 g/mol. The van der Waals surface area contributed by atoms with E-state index in [1.165, 1.54) is 6.92 Å². The van der Waals surface area contributed by atoms with Crippen molar-refractivity contribution in [1.82, 2.24) is 10.2 Å². The number of hydrogen-bond donors (Lipinski definition) is 1. The van der Waals surface area contributed by atoms with E-state index in [4.69, 9.17) is 0 Å². The second-order valence-corrected chi connectivity index (χ2v) is 3.80. The summed E-state index contributed by atoms with van der Waals surface area (Å²) in [5.41, 5.74) is -1.41. The summed E-state index contributed by atoms with van der Waals surface area (Å²) in [6.07, 6.45) is -3.26. The van der Waals surface area contributed by atoms with Crippen LogP contribution in [0.3, 0.4) is 0 Å². The summed E-state index contributed by atoms with van der Waals surface area (Å²) in [6, 6.07) is 0.925. The van der Waals surface area contributed by atoms with Gasteiger partial charge < -0.3 is 0 Å². The van der Waals surface area contributed by atoms with Crippen LogP contribution in [-0.2, 0) is 16.4 Å². The zero-order valence-corrected chi connectivity index (χ0v) is 7.98. The van der Waals surface area contributed by atoms with E-state index in [0.29, 0.717) is 12.8 Å². The van der Waals surface area contributed by atoms with E-state index < -0.39 is 17.3 Å². The van der Waals surface area contributed by atoms with Gasteiger partial charge in [-0.05, 0) is 25.8 Å². The zero-order valence-electron chi connectivity index (χ0n) is 7.98. The summed E-state index contributed by atoms with van der Waals surface area (Å²) in [7, 11) is 0. The molecule has 15 heavy (non-hydrogen) atoms. The fraction of sp³-hybridized carbons (Fsp3) is 0.556. The molecule has 0 bridgehead atoms. The topological polar surface area (TPSA) is 45.8 Å². The molecule has 0 aliphatic heterocycles. The lowest BCUT2D eigenvalue weighted by Crippen LogP contribution is -2.17. The third-order valence-corrected chi connectivity index (χ3v) is 2.81. The Balaban J connectivity index is 2.33. The van der Waals surface area contributed by atoms with Crippen LogP contribution in [-0.4, -0.2) is 16.0 Å². The lowest BCUT2D eigenvalue weighted by molar-refractivity contribution is -0.141. The lowest BCUT2D eigenvalue weighted by Gasteiger charge is -2.06. The van der Waals surface area contributed by atoms with E-state index in [1.54, 1.807) is 0 Å². The van der Waals surface area contributed by atoms with Crippen molar-refractivity contribution >= 4 is 5.78 Å². The van der Waals surface area contributed by atoms with Crippen LogP contribution in [0, 0.1) is 0 Å². The molecule has 1 heterocycles. The molecule has 1 aliphatic carbocycles. The standard InChI is InChI=1S/C9H9F3N2O/c1-5(15)8(2-3-8)6-4-7(14-13-6)9(10,11)12/h4H,2-3H2,1H3,(H,13,14). The summed E-state index contributed by atoms with van der Waals surface area (Å²) < 4.78 is 36.7. The Labute approximate surface area is 83.7 Å². The SMILES string of the molecule is CC(=O)C1(c2cc(C(F)(F)F)n[nH]2)CC1. The van der Waals surface area contributed by atoms with E-state index >= 15 is 0 Å². The van der Waals surface area contributed by atoms with E-state index in [9.17, 15) is 18.0 Å². The van der Waals surface area contributed by atoms with Crippen molar-refractivity contribution in [3.63, 3.8) is 0 Å². The fourth-order valence-corrected chi connectivity index (χ4v) is 1.65. The second-order valence-electron chi connectivity index (χ2n) is 3.80. The average molecular weight is 218 g/mol. The van der Waals surface area contributed by atoms with Gasteiger partial charge in [0.25, 0.3) is 0 Å². The Morgan fingerprint density at radius 1 is 1.53 bits per heavy atom. The number of nitrogens with zero attached hydrogens (tertiary/aromatic N) is 1. The first kappa shape index (κ1) is 10.2. The van der Waals surface area contributed by atoms with Gasteiger partial charge in [0.1, 0.15) is 5.78 Å². The molecule has 6 heteroatoms. The Morgan fingerprint density at radius 2 is 2.13 bits per heavy atom. The summed E-state index contributed by atoms with van der Waals surface area (Å²) in [4.78, 5) is 11.3. The van der Waals surface area contributed by atoms with Gasteiger partial charge in [-0.25, -0.2) is 0 Å². The molecule has 0 saturated heterocycles. The largest absolute Gasteiger partial charge is 0.435 e. The molecule has 1 aliphatic rings. The van der Waals surface area contributed by atoms with Crippen LogP contribution in [0.25, 0.3) is 0 Å². The van der Waals surface area contributed by atoms with Gasteiger partial charge in [0.2, 0.25) is 0 Å². The zero-order chi connectivity index (χ0) is 11.3. The number of hydrogen-bond acceptors (Lipinski definition) is 2. The fourth-order valence-electron chi connectivity index (χ4n) is 1.65. The smallest absolute Gasteiger partial charge is 0.299 e. The van der Waals surface area contributed by atoms with Crippen LogP contribution in [0.5, 0.6) is 0 Å². The number of carbonyl (C=O) groups excluding carboxylic acids is 1. The van der Waals surface area contributed by atoms with Gasteiger partial charge in [-0.15, -0.1) is 0 Å². The molecule has 1 N–H and O–H groups in total. The molecule has 1 aromatic heterocycles. The number of aromatic nitrogens is 2. The third kappa shape index (κ3) is 1.53. The Bertz CT molecular complexity index is 404. The van der Waals surface area contributed by atoms with Gasteiger partial charge in [-0.3, -0.25) is 9.89 Å². The van der Waals surface area contributed by atoms with Gasteiger partial charge in [0.05, 0.1) is 5.41 Å². The predicted molar refractivity (Wildman–Crippen MR) is 45.2 cm³/mol. The number of rotatable bonds is 2. The normalized spacial score (nSPS) is 18.9. The molecule has 0 aromatic carbocycles. The molecule has 82 valence electrons. The van der Waals surface area contributed by atoms with E-state index in [1.807, 2.05) is 0 Å². The average Bonchev–Trinajstić information content (AvgIpc) is 2.75. The summed E-state index contributed by atoms with van der Waals surface area (Å²) in [5.74, 6) is -0.111. The first-order chi connectivity index (χ1) is 6.86. The van der Waals surface area contributed by atoms with Gasteiger partial charge >= 0.3 is 6.18 Å². The summed E-state index contributed by atoms with van der Waals surface area (Å²) >= 11 is 0. The van der Waals surface area contributed by atoms with Crippen LogP contribution in [0.2, 0.25) is 0 Å². The summed E-state index contributed by atoms with van der Waals surface area (Å²) in [6.45, 7) is 1.39. The molecule has 0 amide bonds. The maximum absolute atomic E-state index is 12.2. The Kier molecular flexibility index (Phi) is 1.93. The maximum Gasteiger partial charge on any atom is 0.435 e. The molecule has 0 radical (unpaired) electrons. The number of H-pyrrole nitrogens is 1. The molecule has 1 fully saturated rings. The number of aromatic amines is 1. The van der Waals surface area contributed by atoms with E-state index in [2.05, 4.69) is 10.2 Å². The summed E-state index contributed by atoms with van der Waals surface area (Å²) in [5, 5.41) is 5.48. The molecular weight excluding hydrogens is 209 g/mol. The number of nitrogens with one attached hydrogen (secondary N) is 1. The van der Waals surface area contributed by atoms with Crippen molar-refractivity contribution in [3.8, 4) is 0 Å². The minimum atomic E-state index is -4.46. The number of carbonyl (C=O) groups is 1. The van der Waals surface area contributed by atoms with Crippen molar-refractivity contribution < 1.29 is 18.0 Å². The van der Waals surface area contributed by atoms with Gasteiger partial charge in [0.15, 0.2) is 5.69 Å². The lowest BCUT2D eigenvalue weighted by atomic mass is 9.98. The quantitative estimate of drug-likeness (QED) is 0.825. The molecule has 0 unspecified atom stereocenters. The number of ketones is 1. The third-order valence-electron chi connectivity index (χ3n) is 2.81. The van der Waals surface area contributed by atoms with Gasteiger partial charge in [0, 0.05) is 5.69 Å².